The highest BCUT2D eigenvalue weighted by Crippen LogP contribution is 2.10. The molecule has 2 rings (SSSR count). The number of nitrogens with one attached hydrogen (secondary N) is 1. The van der Waals surface area contributed by atoms with Crippen molar-refractivity contribution in [1.82, 2.24) is 20.2 Å². The molecule has 0 bridgehead atoms. The van der Waals surface area contributed by atoms with Crippen LogP contribution in [-0.4, -0.2) is 45.8 Å². The lowest BCUT2D eigenvalue weighted by Crippen LogP contribution is -2.48. The van der Waals surface area contributed by atoms with E-state index in [1.807, 2.05) is 0 Å². The Balaban J connectivity index is 1.92. The van der Waals surface area contributed by atoms with E-state index >= 15 is 0 Å². The van der Waals surface area contributed by atoms with Crippen LogP contribution in [0.5, 0.6) is 0 Å². The zero-order valence-electron chi connectivity index (χ0n) is 11.3. The molecule has 1 aliphatic rings. The molecule has 0 aliphatic carbocycles. The van der Waals surface area contributed by atoms with E-state index in [9.17, 15) is 9.59 Å². The smallest absolute Gasteiger partial charge is 0.272 e. The van der Waals surface area contributed by atoms with Crippen LogP contribution in [0.25, 0.3) is 0 Å². The summed E-state index contributed by atoms with van der Waals surface area (Å²) in [6, 6.07) is -0.571. The van der Waals surface area contributed by atoms with Crippen molar-refractivity contribution < 1.29 is 9.59 Å². The van der Waals surface area contributed by atoms with Gasteiger partial charge in [-0.05, 0) is 26.2 Å². The number of hydrogen-bond donors (Lipinski definition) is 1. The number of rotatable bonds is 3. The van der Waals surface area contributed by atoms with Crippen LogP contribution in [0.1, 0.15) is 36.7 Å². The fourth-order valence-corrected chi connectivity index (χ4v) is 2.25. The van der Waals surface area contributed by atoms with Crippen LogP contribution in [0, 0.1) is 0 Å². The van der Waals surface area contributed by atoms with Gasteiger partial charge in [0.25, 0.3) is 5.91 Å². The summed E-state index contributed by atoms with van der Waals surface area (Å²) in [6.07, 6.45) is 5.79. The Morgan fingerprint density at radius 1 is 1.25 bits per heavy atom. The van der Waals surface area contributed by atoms with E-state index in [-0.39, 0.29) is 16.8 Å². The summed E-state index contributed by atoms with van der Waals surface area (Å²) in [4.78, 5) is 33.6. The van der Waals surface area contributed by atoms with Gasteiger partial charge < -0.3 is 10.2 Å². The molecule has 0 aromatic carbocycles. The predicted molar refractivity (Wildman–Crippen MR) is 74.4 cm³/mol. The van der Waals surface area contributed by atoms with Crippen LogP contribution in [0.3, 0.4) is 0 Å². The van der Waals surface area contributed by atoms with E-state index in [4.69, 9.17) is 11.6 Å². The molecule has 7 heteroatoms. The van der Waals surface area contributed by atoms with Crippen LogP contribution >= 0.6 is 11.6 Å². The van der Waals surface area contributed by atoms with Crippen LogP contribution < -0.4 is 5.32 Å². The van der Waals surface area contributed by atoms with Gasteiger partial charge in [0.2, 0.25) is 5.91 Å². The van der Waals surface area contributed by atoms with E-state index in [0.717, 1.165) is 32.4 Å². The van der Waals surface area contributed by atoms with Gasteiger partial charge in [-0.2, -0.15) is 0 Å². The average molecular weight is 297 g/mol. The van der Waals surface area contributed by atoms with Crippen LogP contribution in [0.2, 0.25) is 5.15 Å². The van der Waals surface area contributed by atoms with Gasteiger partial charge in [0.15, 0.2) is 0 Å². The Labute approximate surface area is 122 Å². The second-order valence-corrected chi connectivity index (χ2v) is 5.19. The SMILES string of the molecule is CC(NC(=O)c1cnc(Cl)cn1)C(=O)N1CCCCC1. The lowest BCUT2D eigenvalue weighted by Gasteiger charge is -2.29. The van der Waals surface area contributed by atoms with Crippen molar-refractivity contribution in [1.29, 1.82) is 0 Å². The van der Waals surface area contributed by atoms with Crippen molar-refractivity contribution in [2.75, 3.05) is 13.1 Å². The van der Waals surface area contributed by atoms with E-state index in [0.29, 0.717) is 0 Å². The Kier molecular flexibility index (Phi) is 4.89. The molecule has 2 heterocycles. The molecule has 1 saturated heterocycles. The number of carbonyl (C=O) groups is 2. The minimum Gasteiger partial charge on any atom is -0.341 e. The van der Waals surface area contributed by atoms with Gasteiger partial charge in [-0.15, -0.1) is 0 Å². The summed E-state index contributed by atoms with van der Waals surface area (Å²) >= 11 is 5.61. The highest BCUT2D eigenvalue weighted by atomic mass is 35.5. The molecule has 0 saturated carbocycles. The van der Waals surface area contributed by atoms with Crippen LogP contribution in [0.4, 0.5) is 0 Å². The molecule has 1 fully saturated rings. The number of hydrogen-bond acceptors (Lipinski definition) is 4. The Morgan fingerprint density at radius 2 is 1.95 bits per heavy atom. The molecule has 108 valence electrons. The van der Waals surface area contributed by atoms with Gasteiger partial charge in [0, 0.05) is 13.1 Å². The normalized spacial score (nSPS) is 16.6. The molecule has 1 aliphatic heterocycles. The lowest BCUT2D eigenvalue weighted by molar-refractivity contribution is -0.133. The van der Waals surface area contributed by atoms with Crippen molar-refractivity contribution in [3.8, 4) is 0 Å². The second kappa shape index (κ2) is 6.65. The maximum atomic E-state index is 12.2. The molecule has 20 heavy (non-hydrogen) atoms. The molecule has 0 radical (unpaired) electrons. The number of aromatic nitrogens is 2. The van der Waals surface area contributed by atoms with Crippen molar-refractivity contribution in [2.45, 2.75) is 32.2 Å². The Morgan fingerprint density at radius 3 is 2.55 bits per heavy atom. The van der Waals surface area contributed by atoms with Gasteiger partial charge in [-0.3, -0.25) is 9.59 Å². The van der Waals surface area contributed by atoms with Gasteiger partial charge in [-0.1, -0.05) is 11.6 Å². The van der Waals surface area contributed by atoms with E-state index < -0.39 is 11.9 Å². The molecule has 1 aromatic heterocycles. The molecule has 1 N–H and O–H groups in total. The topological polar surface area (TPSA) is 75.2 Å². The fraction of sp³-hybridized carbons (Fsp3) is 0.538. The molecule has 1 aromatic rings. The van der Waals surface area contributed by atoms with Crippen molar-refractivity contribution >= 4 is 23.4 Å². The third kappa shape index (κ3) is 3.66. The fourth-order valence-electron chi connectivity index (χ4n) is 2.15. The van der Waals surface area contributed by atoms with Crippen LogP contribution in [-0.2, 0) is 4.79 Å². The highest BCUT2D eigenvalue weighted by molar-refractivity contribution is 6.29. The van der Waals surface area contributed by atoms with Gasteiger partial charge in [0.05, 0.1) is 12.4 Å². The van der Waals surface area contributed by atoms with Gasteiger partial charge >= 0.3 is 0 Å². The number of halogens is 1. The number of likely N-dealkylation sites (tertiary alicyclic amines) is 1. The van der Waals surface area contributed by atoms with Crippen molar-refractivity contribution in [3.05, 3.63) is 23.2 Å². The van der Waals surface area contributed by atoms with Gasteiger partial charge in [0.1, 0.15) is 16.9 Å². The Bertz CT molecular complexity index is 486. The van der Waals surface area contributed by atoms with E-state index in [1.165, 1.54) is 12.4 Å². The third-order valence-corrected chi connectivity index (χ3v) is 3.43. The number of piperidine rings is 1. The molecule has 6 nitrogen and oxygen atoms in total. The molecular weight excluding hydrogens is 280 g/mol. The first kappa shape index (κ1) is 14.7. The summed E-state index contributed by atoms with van der Waals surface area (Å²) in [6.45, 7) is 3.21. The maximum absolute atomic E-state index is 12.2. The summed E-state index contributed by atoms with van der Waals surface area (Å²) < 4.78 is 0. The quantitative estimate of drug-likeness (QED) is 0.911. The molecule has 0 spiro atoms. The standard InChI is InChI=1S/C13H17ClN4O2/c1-9(13(20)18-5-3-2-4-6-18)17-12(19)10-7-16-11(14)8-15-10/h7-9H,2-6H2,1H3,(H,17,19). The molecule has 1 unspecified atom stereocenters. The third-order valence-electron chi connectivity index (χ3n) is 3.24. The zero-order chi connectivity index (χ0) is 14.5. The minimum atomic E-state index is -0.571. The first-order valence-corrected chi connectivity index (χ1v) is 7.03. The molecule has 1 atom stereocenters. The average Bonchev–Trinajstić information content (AvgIpc) is 2.48. The first-order chi connectivity index (χ1) is 9.58. The maximum Gasteiger partial charge on any atom is 0.272 e. The number of carbonyl (C=O) groups excluding carboxylic acids is 2. The second-order valence-electron chi connectivity index (χ2n) is 4.81. The number of amides is 2. The van der Waals surface area contributed by atoms with Crippen LogP contribution in [0.15, 0.2) is 12.4 Å². The van der Waals surface area contributed by atoms with Crippen molar-refractivity contribution in [3.63, 3.8) is 0 Å². The summed E-state index contributed by atoms with van der Waals surface area (Å²) in [5.74, 6) is -0.480. The zero-order valence-corrected chi connectivity index (χ0v) is 12.1. The monoisotopic (exact) mass is 296 g/mol. The Hall–Kier alpha value is -1.69. The summed E-state index contributed by atoms with van der Waals surface area (Å²) in [5.41, 5.74) is 0.146. The van der Waals surface area contributed by atoms with E-state index in [1.54, 1.807) is 11.8 Å². The molecular formula is C13H17ClN4O2. The lowest BCUT2D eigenvalue weighted by atomic mass is 10.1. The number of nitrogens with zero attached hydrogens (tertiary/aromatic N) is 3. The summed E-state index contributed by atoms with van der Waals surface area (Å²) in [7, 11) is 0. The predicted octanol–water partition coefficient (Wildman–Crippen LogP) is 1.26. The van der Waals surface area contributed by atoms with Gasteiger partial charge in [-0.25, -0.2) is 9.97 Å². The van der Waals surface area contributed by atoms with Crippen molar-refractivity contribution in [2.24, 2.45) is 0 Å². The minimum absolute atomic E-state index is 0.0556. The largest absolute Gasteiger partial charge is 0.341 e. The highest BCUT2D eigenvalue weighted by Gasteiger charge is 2.24. The molecule has 2 amide bonds. The van der Waals surface area contributed by atoms with E-state index in [2.05, 4.69) is 15.3 Å². The first-order valence-electron chi connectivity index (χ1n) is 6.65. The summed E-state index contributed by atoms with van der Waals surface area (Å²) in [5, 5.41) is 2.86.